The molecule has 0 radical (unpaired) electrons. The first kappa shape index (κ1) is 16.0. The first-order valence-corrected chi connectivity index (χ1v) is 8.33. The lowest BCUT2D eigenvalue weighted by Crippen LogP contribution is -2.25. The van der Waals surface area contributed by atoms with Crippen molar-refractivity contribution < 1.29 is 0 Å². The van der Waals surface area contributed by atoms with Gasteiger partial charge in [0.1, 0.15) is 0 Å². The predicted molar refractivity (Wildman–Crippen MR) is 91.5 cm³/mol. The van der Waals surface area contributed by atoms with Gasteiger partial charge in [0.15, 0.2) is 0 Å². The first-order valence-electron chi connectivity index (χ1n) is 8.33. The molecule has 0 fully saturated rings. The van der Waals surface area contributed by atoms with Gasteiger partial charge in [0.05, 0.1) is 11.2 Å². The Morgan fingerprint density at radius 1 is 1.05 bits per heavy atom. The van der Waals surface area contributed by atoms with Crippen LogP contribution < -0.4 is 5.32 Å². The summed E-state index contributed by atoms with van der Waals surface area (Å²) < 4.78 is 0. The number of pyridine rings is 1. The SMILES string of the molecule is CCCNC(CC(C)CCC)c1ccc2ccccc2n1. The largest absolute Gasteiger partial charge is 0.309 e. The van der Waals surface area contributed by atoms with Gasteiger partial charge in [-0.2, -0.15) is 0 Å². The lowest BCUT2D eigenvalue weighted by molar-refractivity contribution is 0.385. The van der Waals surface area contributed by atoms with E-state index >= 15 is 0 Å². The van der Waals surface area contributed by atoms with Crippen LogP contribution in [0.3, 0.4) is 0 Å². The molecule has 0 bridgehead atoms. The molecule has 1 N–H and O–H groups in total. The van der Waals surface area contributed by atoms with Crippen LogP contribution in [0.1, 0.15) is 58.2 Å². The summed E-state index contributed by atoms with van der Waals surface area (Å²) in [5.41, 5.74) is 2.28. The topological polar surface area (TPSA) is 24.9 Å². The van der Waals surface area contributed by atoms with E-state index in [1.807, 2.05) is 0 Å². The van der Waals surface area contributed by atoms with Crippen molar-refractivity contribution in [2.45, 2.75) is 52.5 Å². The van der Waals surface area contributed by atoms with Crippen molar-refractivity contribution in [3.05, 3.63) is 42.1 Å². The minimum atomic E-state index is 0.371. The molecule has 1 aromatic carbocycles. The summed E-state index contributed by atoms with van der Waals surface area (Å²) in [4.78, 5) is 4.88. The Labute approximate surface area is 129 Å². The summed E-state index contributed by atoms with van der Waals surface area (Å²) in [5.74, 6) is 0.734. The average Bonchev–Trinajstić information content (AvgIpc) is 2.51. The predicted octanol–water partition coefficient (Wildman–Crippen LogP) is 5.10. The molecule has 2 aromatic rings. The Bertz CT molecular complexity index is 550. The van der Waals surface area contributed by atoms with Gasteiger partial charge in [0.2, 0.25) is 0 Å². The molecule has 114 valence electrons. The minimum absolute atomic E-state index is 0.371. The standard InChI is InChI=1S/C19H28N2/c1-4-8-15(3)14-19(20-13-5-2)18-12-11-16-9-6-7-10-17(16)21-18/h6-7,9-12,15,19-20H,4-5,8,13-14H2,1-3H3. The lowest BCUT2D eigenvalue weighted by Gasteiger charge is -2.22. The zero-order valence-electron chi connectivity index (χ0n) is 13.6. The molecular weight excluding hydrogens is 256 g/mol. The van der Waals surface area contributed by atoms with Crippen LogP contribution in [-0.2, 0) is 0 Å². The molecule has 0 aliphatic rings. The second-order valence-electron chi connectivity index (χ2n) is 6.07. The van der Waals surface area contributed by atoms with Crippen LogP contribution in [0.2, 0.25) is 0 Å². The van der Waals surface area contributed by atoms with Gasteiger partial charge in [-0.25, -0.2) is 0 Å². The van der Waals surface area contributed by atoms with Crippen molar-refractivity contribution in [1.29, 1.82) is 0 Å². The molecular formula is C19H28N2. The summed E-state index contributed by atoms with van der Waals surface area (Å²) in [6.07, 6.45) is 4.87. The first-order chi connectivity index (χ1) is 10.2. The summed E-state index contributed by atoms with van der Waals surface area (Å²) >= 11 is 0. The Hall–Kier alpha value is -1.41. The molecule has 0 amide bonds. The number of para-hydroxylation sites is 1. The number of aromatic nitrogens is 1. The quantitative estimate of drug-likeness (QED) is 0.729. The lowest BCUT2D eigenvalue weighted by atomic mass is 9.95. The normalized spacial score (nSPS) is 14.2. The molecule has 0 spiro atoms. The maximum absolute atomic E-state index is 4.88. The highest BCUT2D eigenvalue weighted by Crippen LogP contribution is 2.24. The number of fused-ring (bicyclic) bond motifs is 1. The smallest absolute Gasteiger partial charge is 0.0706 e. The van der Waals surface area contributed by atoms with Crippen LogP contribution in [-0.4, -0.2) is 11.5 Å². The van der Waals surface area contributed by atoms with Crippen LogP contribution in [0.4, 0.5) is 0 Å². The van der Waals surface area contributed by atoms with Gasteiger partial charge in [-0.05, 0) is 37.4 Å². The number of nitrogens with zero attached hydrogens (tertiary/aromatic N) is 1. The van der Waals surface area contributed by atoms with E-state index in [1.54, 1.807) is 0 Å². The number of benzene rings is 1. The number of hydrogen-bond acceptors (Lipinski definition) is 2. The highest BCUT2D eigenvalue weighted by atomic mass is 14.9. The number of nitrogens with one attached hydrogen (secondary N) is 1. The fourth-order valence-electron chi connectivity index (χ4n) is 2.92. The van der Waals surface area contributed by atoms with Crippen molar-refractivity contribution in [3.63, 3.8) is 0 Å². The second kappa shape index (κ2) is 8.14. The summed E-state index contributed by atoms with van der Waals surface area (Å²) in [6, 6.07) is 13.1. The highest BCUT2D eigenvalue weighted by Gasteiger charge is 2.16. The molecule has 0 aliphatic carbocycles. The minimum Gasteiger partial charge on any atom is -0.309 e. The number of rotatable bonds is 8. The monoisotopic (exact) mass is 284 g/mol. The molecule has 21 heavy (non-hydrogen) atoms. The molecule has 2 nitrogen and oxygen atoms in total. The van der Waals surface area contributed by atoms with Gasteiger partial charge in [-0.15, -0.1) is 0 Å². The summed E-state index contributed by atoms with van der Waals surface area (Å²) in [6.45, 7) is 7.88. The van der Waals surface area contributed by atoms with E-state index in [0.717, 1.165) is 24.4 Å². The molecule has 2 rings (SSSR count). The molecule has 0 saturated heterocycles. The van der Waals surface area contributed by atoms with Crippen LogP contribution in [0.5, 0.6) is 0 Å². The molecule has 0 aliphatic heterocycles. The maximum atomic E-state index is 4.88. The Morgan fingerprint density at radius 3 is 2.62 bits per heavy atom. The molecule has 1 aromatic heterocycles. The van der Waals surface area contributed by atoms with E-state index < -0.39 is 0 Å². The fraction of sp³-hybridized carbons (Fsp3) is 0.526. The van der Waals surface area contributed by atoms with E-state index in [1.165, 1.54) is 30.3 Å². The van der Waals surface area contributed by atoms with Gasteiger partial charge in [-0.1, -0.05) is 57.9 Å². The van der Waals surface area contributed by atoms with E-state index in [4.69, 9.17) is 4.98 Å². The Balaban J connectivity index is 2.20. The van der Waals surface area contributed by atoms with Crippen LogP contribution >= 0.6 is 0 Å². The van der Waals surface area contributed by atoms with Crippen molar-refractivity contribution in [2.75, 3.05) is 6.54 Å². The summed E-state index contributed by atoms with van der Waals surface area (Å²) in [5, 5.41) is 4.90. The second-order valence-corrected chi connectivity index (χ2v) is 6.07. The van der Waals surface area contributed by atoms with Crippen molar-refractivity contribution in [1.82, 2.24) is 10.3 Å². The van der Waals surface area contributed by atoms with E-state index in [2.05, 4.69) is 62.5 Å². The van der Waals surface area contributed by atoms with Gasteiger partial charge < -0.3 is 5.32 Å². The molecule has 2 unspecified atom stereocenters. The number of hydrogen-bond donors (Lipinski definition) is 1. The van der Waals surface area contributed by atoms with Gasteiger partial charge in [-0.3, -0.25) is 4.98 Å². The maximum Gasteiger partial charge on any atom is 0.0706 e. The third kappa shape index (κ3) is 4.53. The average molecular weight is 284 g/mol. The molecule has 2 atom stereocenters. The van der Waals surface area contributed by atoms with Crippen molar-refractivity contribution in [2.24, 2.45) is 5.92 Å². The third-order valence-electron chi connectivity index (χ3n) is 4.04. The molecule has 2 heteroatoms. The highest BCUT2D eigenvalue weighted by molar-refractivity contribution is 5.78. The van der Waals surface area contributed by atoms with Gasteiger partial charge in [0, 0.05) is 11.4 Å². The van der Waals surface area contributed by atoms with E-state index in [-0.39, 0.29) is 0 Å². The van der Waals surface area contributed by atoms with Crippen molar-refractivity contribution >= 4 is 10.9 Å². The molecule has 0 saturated carbocycles. The zero-order valence-corrected chi connectivity index (χ0v) is 13.6. The third-order valence-corrected chi connectivity index (χ3v) is 4.04. The Morgan fingerprint density at radius 2 is 1.86 bits per heavy atom. The van der Waals surface area contributed by atoms with Gasteiger partial charge in [0.25, 0.3) is 0 Å². The zero-order chi connectivity index (χ0) is 15.1. The van der Waals surface area contributed by atoms with Crippen LogP contribution in [0.15, 0.2) is 36.4 Å². The van der Waals surface area contributed by atoms with Gasteiger partial charge >= 0.3 is 0 Å². The Kier molecular flexibility index (Phi) is 6.19. The molecule has 1 heterocycles. The van der Waals surface area contributed by atoms with E-state index in [9.17, 15) is 0 Å². The van der Waals surface area contributed by atoms with Crippen molar-refractivity contribution in [3.8, 4) is 0 Å². The summed E-state index contributed by atoms with van der Waals surface area (Å²) in [7, 11) is 0. The van der Waals surface area contributed by atoms with Crippen LogP contribution in [0.25, 0.3) is 10.9 Å². The van der Waals surface area contributed by atoms with E-state index in [0.29, 0.717) is 6.04 Å². The fourth-order valence-corrected chi connectivity index (χ4v) is 2.92. The van der Waals surface area contributed by atoms with Crippen LogP contribution in [0, 0.1) is 5.92 Å².